The molecule has 0 aliphatic rings. The van der Waals surface area contributed by atoms with Crippen LogP contribution in [0.3, 0.4) is 0 Å². The number of aromatic carboxylic acids is 1. The van der Waals surface area contributed by atoms with Gasteiger partial charge in [-0.2, -0.15) is 10.2 Å². The van der Waals surface area contributed by atoms with Gasteiger partial charge in [0.2, 0.25) is 5.28 Å². The van der Waals surface area contributed by atoms with Crippen LogP contribution in [0.1, 0.15) is 15.9 Å². The molecule has 0 spiro atoms. The summed E-state index contributed by atoms with van der Waals surface area (Å²) in [6, 6.07) is 7.96. The number of nitrogens with one attached hydrogen (secondary N) is 1. The van der Waals surface area contributed by atoms with Crippen LogP contribution in [0.5, 0.6) is 0 Å². The third-order valence-electron chi connectivity index (χ3n) is 2.27. The van der Waals surface area contributed by atoms with Crippen LogP contribution in [0.15, 0.2) is 30.5 Å². The van der Waals surface area contributed by atoms with E-state index in [-0.39, 0.29) is 22.2 Å². The number of anilines is 2. The van der Waals surface area contributed by atoms with Gasteiger partial charge in [-0.3, -0.25) is 0 Å². The smallest absolute Gasteiger partial charge is 0.335 e. The summed E-state index contributed by atoms with van der Waals surface area (Å²) in [5.41, 5.74) is 1.01. The summed E-state index contributed by atoms with van der Waals surface area (Å²) in [6.45, 7) is 0. The zero-order valence-electron chi connectivity index (χ0n) is 9.46. The molecule has 1 heterocycles. The molecule has 19 heavy (non-hydrogen) atoms. The Bertz CT molecular complexity index is 664. The van der Waals surface area contributed by atoms with E-state index in [1.54, 1.807) is 12.1 Å². The van der Waals surface area contributed by atoms with Gasteiger partial charge >= 0.3 is 5.97 Å². The summed E-state index contributed by atoms with van der Waals surface area (Å²) in [5, 5.41) is 20.6. The zero-order chi connectivity index (χ0) is 13.8. The number of hydrogen-bond donors (Lipinski definition) is 2. The molecule has 0 atom stereocenters. The maximum absolute atomic E-state index is 10.7. The van der Waals surface area contributed by atoms with Gasteiger partial charge in [0.05, 0.1) is 11.8 Å². The van der Waals surface area contributed by atoms with Gasteiger partial charge in [-0.05, 0) is 35.9 Å². The van der Waals surface area contributed by atoms with Crippen molar-refractivity contribution in [2.75, 3.05) is 5.32 Å². The van der Waals surface area contributed by atoms with Crippen molar-refractivity contribution in [2.45, 2.75) is 0 Å². The topological polar surface area (TPSA) is 98.9 Å². The van der Waals surface area contributed by atoms with Crippen LogP contribution < -0.4 is 5.32 Å². The van der Waals surface area contributed by atoms with E-state index in [2.05, 4.69) is 15.3 Å². The Hall–Kier alpha value is -2.65. The minimum Gasteiger partial charge on any atom is -0.478 e. The first-order valence-electron chi connectivity index (χ1n) is 5.13. The molecule has 94 valence electrons. The predicted octanol–water partition coefficient (Wildman–Crippen LogP) is 2.44. The Morgan fingerprint density at radius 1 is 1.37 bits per heavy atom. The molecular weight excluding hydrogens is 268 g/mol. The predicted molar refractivity (Wildman–Crippen MR) is 68.4 cm³/mol. The molecule has 7 heteroatoms. The Labute approximate surface area is 113 Å². The fourth-order valence-electron chi connectivity index (χ4n) is 1.37. The van der Waals surface area contributed by atoms with Crippen LogP contribution in [0.4, 0.5) is 11.5 Å². The molecule has 0 bridgehead atoms. The molecule has 0 fully saturated rings. The maximum Gasteiger partial charge on any atom is 0.335 e. The lowest BCUT2D eigenvalue weighted by molar-refractivity contribution is 0.0697. The summed E-state index contributed by atoms with van der Waals surface area (Å²) in [4.78, 5) is 18.3. The maximum atomic E-state index is 10.7. The van der Waals surface area contributed by atoms with Gasteiger partial charge < -0.3 is 10.4 Å². The highest BCUT2D eigenvalue weighted by Gasteiger charge is 2.07. The van der Waals surface area contributed by atoms with E-state index in [4.69, 9.17) is 22.0 Å². The monoisotopic (exact) mass is 274 g/mol. The molecular formula is C12H7ClN4O2. The first-order chi connectivity index (χ1) is 9.10. The highest BCUT2D eigenvalue weighted by molar-refractivity contribution is 6.28. The second kappa shape index (κ2) is 5.33. The number of carboxylic acids is 1. The van der Waals surface area contributed by atoms with Crippen LogP contribution in [0, 0.1) is 11.3 Å². The Morgan fingerprint density at radius 3 is 2.63 bits per heavy atom. The Morgan fingerprint density at radius 2 is 2.05 bits per heavy atom. The number of rotatable bonds is 3. The molecule has 2 rings (SSSR count). The Kier molecular flexibility index (Phi) is 3.59. The van der Waals surface area contributed by atoms with Crippen molar-refractivity contribution in [3.8, 4) is 6.07 Å². The van der Waals surface area contributed by atoms with E-state index >= 15 is 0 Å². The van der Waals surface area contributed by atoms with Crippen LogP contribution in [0.25, 0.3) is 0 Å². The molecule has 1 aromatic carbocycles. The van der Waals surface area contributed by atoms with Crippen molar-refractivity contribution in [2.24, 2.45) is 0 Å². The molecule has 2 aromatic rings. The van der Waals surface area contributed by atoms with Crippen molar-refractivity contribution in [3.63, 3.8) is 0 Å². The van der Waals surface area contributed by atoms with Crippen LogP contribution in [0.2, 0.25) is 5.28 Å². The highest BCUT2D eigenvalue weighted by atomic mass is 35.5. The van der Waals surface area contributed by atoms with Gasteiger partial charge in [-0.1, -0.05) is 0 Å². The van der Waals surface area contributed by atoms with Crippen LogP contribution in [-0.2, 0) is 0 Å². The van der Waals surface area contributed by atoms with Crippen molar-refractivity contribution in [1.82, 2.24) is 9.97 Å². The molecule has 0 saturated heterocycles. The molecule has 6 nitrogen and oxygen atoms in total. The molecule has 0 aliphatic heterocycles. The van der Waals surface area contributed by atoms with E-state index in [0.29, 0.717) is 5.69 Å². The van der Waals surface area contributed by atoms with Gasteiger partial charge in [-0.25, -0.2) is 9.78 Å². The summed E-state index contributed by atoms with van der Waals surface area (Å²) in [6.07, 6.45) is 1.31. The fourth-order valence-corrected chi connectivity index (χ4v) is 1.50. The van der Waals surface area contributed by atoms with Gasteiger partial charge in [0.25, 0.3) is 0 Å². The minimum atomic E-state index is -1.01. The van der Waals surface area contributed by atoms with E-state index < -0.39 is 5.97 Å². The van der Waals surface area contributed by atoms with Gasteiger partial charge in [-0.15, -0.1) is 0 Å². The summed E-state index contributed by atoms with van der Waals surface area (Å²) < 4.78 is 0. The lowest BCUT2D eigenvalue weighted by atomic mass is 10.2. The zero-order valence-corrected chi connectivity index (χ0v) is 10.2. The number of hydrogen-bond acceptors (Lipinski definition) is 5. The minimum absolute atomic E-state index is 0.0173. The molecule has 1 aromatic heterocycles. The second-order valence-electron chi connectivity index (χ2n) is 3.52. The number of nitriles is 1. The standard InChI is InChI=1S/C12H7ClN4O2/c13-12-15-6-8(5-14)10(17-12)16-9-3-1-7(2-4-9)11(18)19/h1-4,6H,(H,18,19)(H,15,16,17). The molecule has 0 aliphatic carbocycles. The molecule has 0 amide bonds. The summed E-state index contributed by atoms with van der Waals surface area (Å²) in [7, 11) is 0. The fraction of sp³-hybridized carbons (Fsp3) is 0. The molecule has 0 radical (unpaired) electrons. The quantitative estimate of drug-likeness (QED) is 0.834. The van der Waals surface area contributed by atoms with Crippen molar-refractivity contribution in [1.29, 1.82) is 5.26 Å². The lowest BCUT2D eigenvalue weighted by Gasteiger charge is -2.07. The van der Waals surface area contributed by atoms with Crippen molar-refractivity contribution >= 4 is 29.1 Å². The molecule has 2 N–H and O–H groups in total. The largest absolute Gasteiger partial charge is 0.478 e. The highest BCUT2D eigenvalue weighted by Crippen LogP contribution is 2.19. The number of carbonyl (C=O) groups is 1. The van der Waals surface area contributed by atoms with Gasteiger partial charge in [0, 0.05) is 5.69 Å². The third kappa shape index (κ3) is 2.97. The van der Waals surface area contributed by atoms with Crippen molar-refractivity contribution < 1.29 is 9.90 Å². The van der Waals surface area contributed by atoms with E-state index in [1.807, 2.05) is 6.07 Å². The van der Waals surface area contributed by atoms with Crippen molar-refractivity contribution in [3.05, 3.63) is 46.9 Å². The van der Waals surface area contributed by atoms with Crippen LogP contribution in [-0.4, -0.2) is 21.0 Å². The number of benzene rings is 1. The van der Waals surface area contributed by atoms with Crippen LogP contribution >= 0.6 is 11.6 Å². The lowest BCUT2D eigenvalue weighted by Crippen LogP contribution is -2.00. The van der Waals surface area contributed by atoms with E-state index in [9.17, 15) is 4.79 Å². The number of halogens is 1. The summed E-state index contributed by atoms with van der Waals surface area (Å²) in [5.74, 6) is -0.736. The van der Waals surface area contributed by atoms with E-state index in [0.717, 1.165) is 0 Å². The van der Waals surface area contributed by atoms with Gasteiger partial charge in [0.1, 0.15) is 11.6 Å². The average Bonchev–Trinajstić information content (AvgIpc) is 2.39. The molecule has 0 saturated carbocycles. The first-order valence-corrected chi connectivity index (χ1v) is 5.51. The molecule has 0 unspecified atom stereocenters. The number of aromatic nitrogens is 2. The Balaban J connectivity index is 2.28. The summed E-state index contributed by atoms with van der Waals surface area (Å²) >= 11 is 5.66. The third-order valence-corrected chi connectivity index (χ3v) is 2.46. The number of carboxylic acid groups (broad SMARTS) is 1. The van der Waals surface area contributed by atoms with Gasteiger partial charge in [0.15, 0.2) is 5.82 Å². The SMILES string of the molecule is N#Cc1cnc(Cl)nc1Nc1ccc(C(=O)O)cc1. The normalized spacial score (nSPS) is 9.68. The average molecular weight is 275 g/mol. The number of nitrogens with zero attached hydrogens (tertiary/aromatic N) is 3. The van der Waals surface area contributed by atoms with E-state index in [1.165, 1.54) is 18.3 Å². The second-order valence-corrected chi connectivity index (χ2v) is 3.86. The first kappa shape index (κ1) is 12.8.